The minimum absolute atomic E-state index is 0.923. The lowest BCUT2D eigenvalue weighted by molar-refractivity contribution is 0.0410. The van der Waals surface area contributed by atoms with Crippen LogP contribution in [-0.4, -0.2) is 73.8 Å². The Bertz CT molecular complexity index is 171. The van der Waals surface area contributed by atoms with Crippen molar-refractivity contribution in [1.29, 1.82) is 0 Å². The zero-order chi connectivity index (χ0) is 12.3. The quantitative estimate of drug-likeness (QED) is 0.587. The minimum Gasteiger partial charge on any atom is -0.379 e. The maximum atomic E-state index is 5.34. The number of rotatable bonds is 9. The summed E-state index contributed by atoms with van der Waals surface area (Å²) in [5.41, 5.74) is 0. The first-order valence-electron chi connectivity index (χ1n) is 6.97. The van der Waals surface area contributed by atoms with E-state index in [9.17, 15) is 0 Å². The van der Waals surface area contributed by atoms with Crippen LogP contribution in [0.25, 0.3) is 0 Å². The van der Waals surface area contributed by atoms with E-state index >= 15 is 0 Å². The van der Waals surface area contributed by atoms with Crippen LogP contribution < -0.4 is 0 Å². The van der Waals surface area contributed by atoms with E-state index in [-0.39, 0.29) is 0 Å². The number of hydrogen-bond donors (Lipinski definition) is 0. The fourth-order valence-corrected chi connectivity index (χ4v) is 2.98. The van der Waals surface area contributed by atoms with E-state index in [4.69, 9.17) is 4.74 Å². The van der Waals surface area contributed by atoms with Gasteiger partial charge in [-0.25, -0.2) is 0 Å². The lowest BCUT2D eigenvalue weighted by Gasteiger charge is -2.26. The molecule has 0 saturated carbocycles. The molecule has 102 valence electrons. The van der Waals surface area contributed by atoms with Crippen LogP contribution in [0, 0.1) is 0 Å². The Morgan fingerprint density at radius 2 is 1.82 bits per heavy atom. The number of morpholine rings is 1. The Labute approximate surface area is 111 Å². The summed E-state index contributed by atoms with van der Waals surface area (Å²) in [7, 11) is 0. The van der Waals surface area contributed by atoms with Crippen molar-refractivity contribution < 1.29 is 4.74 Å². The van der Waals surface area contributed by atoms with Gasteiger partial charge in [0.2, 0.25) is 0 Å². The predicted octanol–water partition coefficient (Wildman–Crippen LogP) is 1.78. The Hall–Kier alpha value is 0.230. The standard InChI is InChI=1S/C13H28N2OS/c1-3-14(4-2)6-5-12-17-13-9-15-7-10-16-11-8-15/h3-13H2,1-2H3. The molecule has 0 aromatic heterocycles. The second-order valence-corrected chi connectivity index (χ2v) is 5.67. The molecule has 4 heteroatoms. The zero-order valence-electron chi connectivity index (χ0n) is 11.5. The van der Waals surface area contributed by atoms with Crippen LogP contribution in [0.4, 0.5) is 0 Å². The molecule has 1 rings (SSSR count). The number of thioether (sulfide) groups is 1. The summed E-state index contributed by atoms with van der Waals surface area (Å²) in [6.07, 6.45) is 1.33. The zero-order valence-corrected chi connectivity index (χ0v) is 12.3. The Morgan fingerprint density at radius 1 is 1.12 bits per heavy atom. The molecule has 0 unspecified atom stereocenters. The topological polar surface area (TPSA) is 15.7 Å². The van der Waals surface area contributed by atoms with E-state index in [1.165, 1.54) is 44.1 Å². The van der Waals surface area contributed by atoms with Crippen LogP contribution in [-0.2, 0) is 4.74 Å². The second-order valence-electron chi connectivity index (χ2n) is 4.45. The van der Waals surface area contributed by atoms with E-state index < -0.39 is 0 Å². The molecule has 1 heterocycles. The van der Waals surface area contributed by atoms with E-state index in [0.717, 1.165) is 26.3 Å². The summed E-state index contributed by atoms with van der Waals surface area (Å²) in [6.45, 7) is 13.5. The molecule has 0 bridgehead atoms. The highest BCUT2D eigenvalue weighted by molar-refractivity contribution is 7.99. The molecule has 0 spiro atoms. The van der Waals surface area contributed by atoms with Crippen molar-refractivity contribution in [1.82, 2.24) is 9.80 Å². The first-order valence-corrected chi connectivity index (χ1v) is 8.12. The van der Waals surface area contributed by atoms with Crippen LogP contribution in [0.2, 0.25) is 0 Å². The van der Waals surface area contributed by atoms with Gasteiger partial charge in [-0.15, -0.1) is 0 Å². The average Bonchev–Trinajstić information content (AvgIpc) is 2.39. The maximum Gasteiger partial charge on any atom is 0.0594 e. The van der Waals surface area contributed by atoms with Crippen molar-refractivity contribution in [2.75, 3.05) is 64.0 Å². The second kappa shape index (κ2) is 10.2. The van der Waals surface area contributed by atoms with E-state index in [1.807, 2.05) is 0 Å². The monoisotopic (exact) mass is 260 g/mol. The third-order valence-corrected chi connectivity index (χ3v) is 4.36. The molecule has 0 aliphatic carbocycles. The lowest BCUT2D eigenvalue weighted by Crippen LogP contribution is -2.37. The van der Waals surface area contributed by atoms with Gasteiger partial charge >= 0.3 is 0 Å². The first-order chi connectivity index (χ1) is 8.36. The van der Waals surface area contributed by atoms with Gasteiger partial charge in [0.15, 0.2) is 0 Å². The van der Waals surface area contributed by atoms with Gasteiger partial charge in [0.1, 0.15) is 0 Å². The summed E-state index contributed by atoms with van der Waals surface area (Å²) in [6, 6.07) is 0. The van der Waals surface area contributed by atoms with Crippen molar-refractivity contribution in [3.63, 3.8) is 0 Å². The lowest BCUT2D eigenvalue weighted by atomic mass is 10.4. The van der Waals surface area contributed by atoms with Gasteiger partial charge in [0.25, 0.3) is 0 Å². The van der Waals surface area contributed by atoms with E-state index in [0.29, 0.717) is 0 Å². The van der Waals surface area contributed by atoms with E-state index in [1.54, 1.807) is 0 Å². The summed E-state index contributed by atoms with van der Waals surface area (Å²) in [5, 5.41) is 0. The SMILES string of the molecule is CCN(CC)CCCSCCN1CCOCC1. The third kappa shape index (κ3) is 7.29. The Morgan fingerprint density at radius 3 is 2.47 bits per heavy atom. The van der Waals surface area contributed by atoms with E-state index in [2.05, 4.69) is 35.4 Å². The highest BCUT2D eigenvalue weighted by Crippen LogP contribution is 2.05. The molecule has 1 saturated heterocycles. The number of ether oxygens (including phenoxy) is 1. The summed E-state index contributed by atoms with van der Waals surface area (Å²) in [4.78, 5) is 5.02. The third-order valence-electron chi connectivity index (χ3n) is 3.31. The maximum absolute atomic E-state index is 5.34. The molecule has 17 heavy (non-hydrogen) atoms. The largest absolute Gasteiger partial charge is 0.379 e. The van der Waals surface area contributed by atoms with Crippen LogP contribution in [0.15, 0.2) is 0 Å². The van der Waals surface area contributed by atoms with Gasteiger partial charge < -0.3 is 9.64 Å². The highest BCUT2D eigenvalue weighted by atomic mass is 32.2. The summed E-state index contributed by atoms with van der Waals surface area (Å²) >= 11 is 2.10. The molecule has 1 aliphatic rings. The van der Waals surface area contributed by atoms with Crippen LogP contribution in [0.1, 0.15) is 20.3 Å². The van der Waals surface area contributed by atoms with Gasteiger partial charge in [-0.3, -0.25) is 4.90 Å². The Balaban J connectivity index is 1.86. The number of hydrogen-bond acceptors (Lipinski definition) is 4. The molecular weight excluding hydrogens is 232 g/mol. The molecule has 0 aromatic carbocycles. The minimum atomic E-state index is 0.923. The van der Waals surface area contributed by atoms with Gasteiger partial charge in [-0.1, -0.05) is 13.8 Å². The van der Waals surface area contributed by atoms with Crippen LogP contribution >= 0.6 is 11.8 Å². The van der Waals surface area contributed by atoms with Crippen molar-refractivity contribution in [3.8, 4) is 0 Å². The molecule has 0 radical (unpaired) electrons. The molecule has 3 nitrogen and oxygen atoms in total. The molecule has 0 atom stereocenters. The van der Waals surface area contributed by atoms with Gasteiger partial charge in [-0.2, -0.15) is 11.8 Å². The van der Waals surface area contributed by atoms with Crippen molar-refractivity contribution in [2.24, 2.45) is 0 Å². The Kier molecular flexibility index (Phi) is 9.16. The van der Waals surface area contributed by atoms with Crippen LogP contribution in [0.5, 0.6) is 0 Å². The smallest absolute Gasteiger partial charge is 0.0594 e. The van der Waals surface area contributed by atoms with Crippen molar-refractivity contribution in [3.05, 3.63) is 0 Å². The van der Waals surface area contributed by atoms with Gasteiger partial charge in [0.05, 0.1) is 13.2 Å². The molecule has 1 fully saturated rings. The fraction of sp³-hybridized carbons (Fsp3) is 1.00. The molecule has 1 aliphatic heterocycles. The summed E-state index contributed by atoms with van der Waals surface area (Å²) in [5.74, 6) is 2.58. The highest BCUT2D eigenvalue weighted by Gasteiger charge is 2.09. The normalized spacial score (nSPS) is 17.8. The fourth-order valence-electron chi connectivity index (χ4n) is 2.05. The first kappa shape index (κ1) is 15.3. The number of nitrogens with zero attached hydrogens (tertiary/aromatic N) is 2. The van der Waals surface area contributed by atoms with Gasteiger partial charge in [-0.05, 0) is 31.8 Å². The van der Waals surface area contributed by atoms with Crippen LogP contribution in [0.3, 0.4) is 0 Å². The molecular formula is C13H28N2OS. The predicted molar refractivity (Wildman–Crippen MR) is 77.0 cm³/mol. The molecule has 0 amide bonds. The van der Waals surface area contributed by atoms with Crippen molar-refractivity contribution in [2.45, 2.75) is 20.3 Å². The molecule has 0 N–H and O–H groups in total. The van der Waals surface area contributed by atoms with Gasteiger partial charge in [0, 0.05) is 25.4 Å². The summed E-state index contributed by atoms with van der Waals surface area (Å²) < 4.78 is 5.34. The van der Waals surface area contributed by atoms with Crippen molar-refractivity contribution >= 4 is 11.8 Å². The average molecular weight is 260 g/mol. The molecule has 0 aromatic rings.